The molecule has 5 nitrogen and oxygen atoms in total. The number of fused-ring (bicyclic) bond motifs is 1. The van der Waals surface area contributed by atoms with Crippen LogP contribution in [0.25, 0.3) is 0 Å². The first-order chi connectivity index (χ1) is 16.0. The van der Waals surface area contributed by atoms with Gasteiger partial charge in [-0.25, -0.2) is 0 Å². The fourth-order valence-corrected chi connectivity index (χ4v) is 4.67. The van der Waals surface area contributed by atoms with Gasteiger partial charge in [-0.2, -0.15) is 5.26 Å². The van der Waals surface area contributed by atoms with Gasteiger partial charge in [0.25, 0.3) is 0 Å². The Balaban J connectivity index is 1.50. The van der Waals surface area contributed by atoms with Crippen molar-refractivity contribution in [3.63, 3.8) is 0 Å². The van der Waals surface area contributed by atoms with E-state index in [4.69, 9.17) is 5.11 Å². The molecule has 1 heterocycles. The van der Waals surface area contributed by atoms with Gasteiger partial charge < -0.3 is 15.7 Å². The lowest BCUT2D eigenvalue weighted by Crippen LogP contribution is -2.37. The Kier molecular flexibility index (Phi) is 7.07. The van der Waals surface area contributed by atoms with Crippen molar-refractivity contribution >= 4 is 11.7 Å². The molecule has 3 atom stereocenters. The van der Waals surface area contributed by atoms with Crippen LogP contribution in [0, 0.1) is 17.2 Å². The first kappa shape index (κ1) is 22.6. The van der Waals surface area contributed by atoms with Gasteiger partial charge in [0.2, 0.25) is 0 Å². The van der Waals surface area contributed by atoms with E-state index >= 15 is 0 Å². The third-order valence-corrected chi connectivity index (χ3v) is 6.50. The van der Waals surface area contributed by atoms with Gasteiger partial charge in [-0.1, -0.05) is 67.6 Å². The fraction of sp³-hybridized carbons (Fsp3) is 0.286. The average Bonchev–Trinajstić information content (AvgIpc) is 2.84. The van der Waals surface area contributed by atoms with E-state index < -0.39 is 5.97 Å². The van der Waals surface area contributed by atoms with Crippen LogP contribution in [0.5, 0.6) is 0 Å². The van der Waals surface area contributed by atoms with Crippen molar-refractivity contribution in [1.82, 2.24) is 5.32 Å². The summed E-state index contributed by atoms with van der Waals surface area (Å²) in [5.74, 6) is -0.237. The van der Waals surface area contributed by atoms with Gasteiger partial charge >= 0.3 is 5.97 Å². The summed E-state index contributed by atoms with van der Waals surface area (Å²) in [6.45, 7) is 3.82. The molecule has 5 heteroatoms. The summed E-state index contributed by atoms with van der Waals surface area (Å²) in [6, 6.07) is 26.7. The Morgan fingerprint density at radius 3 is 2.55 bits per heavy atom. The molecule has 0 unspecified atom stereocenters. The molecule has 1 aliphatic heterocycles. The first-order valence-corrected chi connectivity index (χ1v) is 11.4. The van der Waals surface area contributed by atoms with Crippen LogP contribution >= 0.6 is 0 Å². The number of rotatable bonds is 8. The summed E-state index contributed by atoms with van der Waals surface area (Å²) in [4.78, 5) is 10.9. The number of carboxylic acid groups (broad SMARTS) is 1. The predicted molar refractivity (Wildman–Crippen MR) is 130 cm³/mol. The number of anilines is 1. The normalized spacial score (nSPS) is 16.7. The van der Waals surface area contributed by atoms with Crippen LogP contribution in [-0.4, -0.2) is 24.2 Å². The molecule has 0 bridgehead atoms. The smallest absolute Gasteiger partial charge is 0.307 e. The van der Waals surface area contributed by atoms with Gasteiger partial charge in [-0.3, -0.25) is 4.79 Å². The van der Waals surface area contributed by atoms with Gasteiger partial charge in [-0.05, 0) is 52.6 Å². The second-order valence-electron chi connectivity index (χ2n) is 8.80. The van der Waals surface area contributed by atoms with Gasteiger partial charge in [0.15, 0.2) is 0 Å². The Hall–Kier alpha value is -3.62. The van der Waals surface area contributed by atoms with Gasteiger partial charge in [-0.15, -0.1) is 0 Å². The largest absolute Gasteiger partial charge is 0.481 e. The molecule has 3 N–H and O–H groups in total. The Bertz CT molecular complexity index is 1140. The lowest BCUT2D eigenvalue weighted by Gasteiger charge is -2.34. The number of carboxylic acids is 1. The highest BCUT2D eigenvalue weighted by Gasteiger charge is 2.29. The molecule has 0 amide bonds. The van der Waals surface area contributed by atoms with E-state index in [9.17, 15) is 10.1 Å². The second-order valence-corrected chi connectivity index (χ2v) is 8.80. The van der Waals surface area contributed by atoms with Crippen LogP contribution < -0.4 is 10.6 Å². The summed E-state index contributed by atoms with van der Waals surface area (Å²) in [5, 5.41) is 25.9. The third kappa shape index (κ3) is 5.42. The molecule has 0 radical (unpaired) electrons. The van der Waals surface area contributed by atoms with E-state index in [0.717, 1.165) is 41.9 Å². The Labute approximate surface area is 195 Å². The molecular formula is C28H29N3O2. The molecule has 0 aromatic heterocycles. The maximum atomic E-state index is 10.9. The number of carbonyl (C=O) groups is 1. The summed E-state index contributed by atoms with van der Waals surface area (Å²) in [7, 11) is 0. The van der Waals surface area contributed by atoms with E-state index in [-0.39, 0.29) is 18.4 Å². The topological polar surface area (TPSA) is 85.1 Å². The molecular weight excluding hydrogens is 410 g/mol. The second kappa shape index (κ2) is 10.3. The zero-order valence-electron chi connectivity index (χ0n) is 18.8. The molecule has 3 aromatic carbocycles. The van der Waals surface area contributed by atoms with Crippen molar-refractivity contribution in [2.75, 3.05) is 18.4 Å². The molecule has 168 valence electrons. The van der Waals surface area contributed by atoms with E-state index in [1.54, 1.807) is 0 Å². The van der Waals surface area contributed by atoms with E-state index in [0.29, 0.717) is 5.92 Å². The minimum Gasteiger partial charge on any atom is -0.481 e. The predicted octanol–water partition coefficient (Wildman–Crippen LogP) is 4.90. The van der Waals surface area contributed by atoms with E-state index in [2.05, 4.69) is 47.9 Å². The molecule has 0 aliphatic carbocycles. The maximum absolute atomic E-state index is 10.9. The van der Waals surface area contributed by atoms with Crippen LogP contribution in [0.2, 0.25) is 0 Å². The molecule has 0 spiro atoms. The monoisotopic (exact) mass is 439 g/mol. The highest BCUT2D eigenvalue weighted by atomic mass is 16.4. The average molecular weight is 440 g/mol. The minimum absolute atomic E-state index is 0.0455. The Morgan fingerprint density at radius 1 is 1.09 bits per heavy atom. The van der Waals surface area contributed by atoms with Crippen molar-refractivity contribution in [3.8, 4) is 6.07 Å². The first-order valence-electron chi connectivity index (χ1n) is 11.4. The zero-order valence-corrected chi connectivity index (χ0v) is 18.8. The van der Waals surface area contributed by atoms with Crippen LogP contribution in [0.15, 0.2) is 72.8 Å². The lowest BCUT2D eigenvalue weighted by molar-refractivity contribution is -0.136. The van der Waals surface area contributed by atoms with Crippen molar-refractivity contribution < 1.29 is 9.90 Å². The van der Waals surface area contributed by atoms with Crippen molar-refractivity contribution in [2.24, 2.45) is 5.92 Å². The van der Waals surface area contributed by atoms with Crippen molar-refractivity contribution in [3.05, 3.63) is 101 Å². The van der Waals surface area contributed by atoms with Crippen molar-refractivity contribution in [1.29, 1.82) is 5.26 Å². The van der Waals surface area contributed by atoms with Crippen LogP contribution in [0.4, 0.5) is 5.69 Å². The van der Waals surface area contributed by atoms with Crippen LogP contribution in [0.1, 0.15) is 46.7 Å². The maximum Gasteiger partial charge on any atom is 0.307 e. The quantitative estimate of drug-likeness (QED) is 0.465. The highest BCUT2D eigenvalue weighted by Crippen LogP contribution is 2.34. The van der Waals surface area contributed by atoms with E-state index in [1.807, 2.05) is 48.5 Å². The Morgan fingerprint density at radius 2 is 1.85 bits per heavy atom. The lowest BCUT2D eigenvalue weighted by atomic mass is 9.83. The number of hydrogen-bond acceptors (Lipinski definition) is 4. The molecule has 0 saturated heterocycles. The molecule has 1 aliphatic rings. The highest BCUT2D eigenvalue weighted by molar-refractivity contribution is 5.70. The van der Waals surface area contributed by atoms with Gasteiger partial charge in [0.05, 0.1) is 18.1 Å². The zero-order chi connectivity index (χ0) is 23.2. The van der Waals surface area contributed by atoms with Crippen LogP contribution in [0.3, 0.4) is 0 Å². The third-order valence-electron chi connectivity index (χ3n) is 6.50. The summed E-state index contributed by atoms with van der Waals surface area (Å²) in [6.07, 6.45) is 0.890. The number of aliphatic carboxylic acids is 1. The molecule has 0 saturated carbocycles. The summed E-state index contributed by atoms with van der Waals surface area (Å²) >= 11 is 0. The number of nitrogens with zero attached hydrogens (tertiary/aromatic N) is 1. The van der Waals surface area contributed by atoms with Gasteiger partial charge in [0, 0.05) is 24.8 Å². The van der Waals surface area contributed by atoms with E-state index in [1.165, 1.54) is 11.1 Å². The SMILES string of the molecule is C[C@H](CN[C@H](c1ccccc1)[C@@H]1CNc2cccc(C#N)c2C1)c1ccc(CC(=O)O)cc1. The van der Waals surface area contributed by atoms with Crippen LogP contribution in [-0.2, 0) is 17.6 Å². The molecule has 33 heavy (non-hydrogen) atoms. The molecule has 4 rings (SSSR count). The number of benzene rings is 3. The summed E-state index contributed by atoms with van der Waals surface area (Å²) in [5.41, 5.74) is 6.14. The number of nitriles is 1. The fourth-order valence-electron chi connectivity index (χ4n) is 4.67. The summed E-state index contributed by atoms with van der Waals surface area (Å²) < 4.78 is 0. The van der Waals surface area contributed by atoms with Gasteiger partial charge in [0.1, 0.15) is 0 Å². The molecule has 0 fully saturated rings. The minimum atomic E-state index is -0.814. The number of nitrogens with one attached hydrogen (secondary N) is 2. The molecule has 3 aromatic rings. The van der Waals surface area contributed by atoms with Crippen molar-refractivity contribution in [2.45, 2.75) is 31.7 Å². The standard InChI is InChI=1S/C28H29N3O2/c1-19(21-12-10-20(11-13-21)14-27(32)33)17-31-28(22-6-3-2-4-7-22)24-15-25-23(16-29)8-5-9-26(25)30-18-24/h2-13,19,24,28,30-31H,14-15,17-18H2,1H3,(H,32,33)/t19-,24+,28-/m1/s1. The number of hydrogen-bond donors (Lipinski definition) is 3.